The van der Waals surface area contributed by atoms with E-state index in [0.717, 1.165) is 35.5 Å². The summed E-state index contributed by atoms with van der Waals surface area (Å²) in [6.45, 7) is 3.74. The SMILES string of the molecule is Cc1noc(C)c1-c1cc(C(O)(c2cccnc2)c2ncco2)c2nc(C3CC3)n(N)c2c1. The van der Waals surface area contributed by atoms with Crippen LogP contribution in [-0.4, -0.2) is 29.9 Å². The molecule has 0 radical (unpaired) electrons. The number of imidazole rings is 1. The van der Waals surface area contributed by atoms with Crippen molar-refractivity contribution in [3.8, 4) is 11.1 Å². The summed E-state index contributed by atoms with van der Waals surface area (Å²) < 4.78 is 12.7. The van der Waals surface area contributed by atoms with E-state index in [1.54, 1.807) is 29.2 Å². The third-order valence-electron chi connectivity index (χ3n) is 6.30. The fourth-order valence-corrected chi connectivity index (χ4v) is 4.53. The zero-order valence-electron chi connectivity index (χ0n) is 18.2. The van der Waals surface area contributed by atoms with Gasteiger partial charge in [-0.15, -0.1) is 0 Å². The van der Waals surface area contributed by atoms with Gasteiger partial charge < -0.3 is 19.9 Å². The molecule has 4 heterocycles. The van der Waals surface area contributed by atoms with Gasteiger partial charge in [0.1, 0.15) is 17.8 Å². The summed E-state index contributed by atoms with van der Waals surface area (Å²) in [5.74, 6) is 8.42. The lowest BCUT2D eigenvalue weighted by Gasteiger charge is -2.26. The molecular formula is C24H22N6O3. The molecule has 1 fully saturated rings. The summed E-state index contributed by atoms with van der Waals surface area (Å²) in [5, 5.41) is 16.4. The smallest absolute Gasteiger partial charge is 0.235 e. The molecule has 1 aliphatic carbocycles. The number of aryl methyl sites for hydroxylation is 2. The van der Waals surface area contributed by atoms with E-state index in [1.165, 1.54) is 12.5 Å². The van der Waals surface area contributed by atoms with Gasteiger partial charge in [-0.2, -0.15) is 0 Å². The Balaban J connectivity index is 1.73. The average molecular weight is 442 g/mol. The Hall–Kier alpha value is -3.98. The first-order valence-corrected chi connectivity index (χ1v) is 10.8. The zero-order valence-corrected chi connectivity index (χ0v) is 18.2. The molecule has 4 aromatic heterocycles. The fraction of sp³-hybridized carbons (Fsp3) is 0.250. The molecule has 0 amide bonds. The van der Waals surface area contributed by atoms with Crippen molar-refractivity contribution in [3.63, 3.8) is 0 Å². The normalized spacial score (nSPS) is 15.7. The molecule has 0 saturated heterocycles. The quantitative estimate of drug-likeness (QED) is 0.395. The Bertz CT molecular complexity index is 1450. The molecule has 166 valence electrons. The summed E-state index contributed by atoms with van der Waals surface area (Å²) in [4.78, 5) is 13.4. The molecule has 33 heavy (non-hydrogen) atoms. The van der Waals surface area contributed by atoms with E-state index in [-0.39, 0.29) is 5.89 Å². The van der Waals surface area contributed by atoms with Gasteiger partial charge in [-0.25, -0.2) is 14.6 Å². The van der Waals surface area contributed by atoms with Crippen LogP contribution in [0.5, 0.6) is 0 Å². The number of aromatic nitrogens is 5. The van der Waals surface area contributed by atoms with Gasteiger partial charge in [0.15, 0.2) is 5.60 Å². The van der Waals surface area contributed by atoms with Crippen LogP contribution in [0, 0.1) is 13.8 Å². The van der Waals surface area contributed by atoms with Gasteiger partial charge in [0.2, 0.25) is 5.89 Å². The second-order valence-corrected chi connectivity index (χ2v) is 8.49. The van der Waals surface area contributed by atoms with Crippen molar-refractivity contribution >= 4 is 11.0 Å². The van der Waals surface area contributed by atoms with Gasteiger partial charge >= 0.3 is 0 Å². The summed E-state index contributed by atoms with van der Waals surface area (Å²) in [6, 6.07) is 7.39. The molecule has 1 atom stereocenters. The number of benzene rings is 1. The highest BCUT2D eigenvalue weighted by Gasteiger charge is 2.42. The maximum Gasteiger partial charge on any atom is 0.235 e. The fourth-order valence-electron chi connectivity index (χ4n) is 4.53. The minimum absolute atomic E-state index is 0.118. The topological polar surface area (TPSA) is 129 Å². The Morgan fingerprint density at radius 3 is 2.70 bits per heavy atom. The third kappa shape index (κ3) is 2.89. The van der Waals surface area contributed by atoms with Crippen molar-refractivity contribution in [1.29, 1.82) is 0 Å². The summed E-state index contributed by atoms with van der Waals surface area (Å²) in [7, 11) is 0. The van der Waals surface area contributed by atoms with Gasteiger partial charge in [0, 0.05) is 35.0 Å². The molecule has 1 aromatic carbocycles. The third-order valence-corrected chi connectivity index (χ3v) is 6.30. The molecule has 0 bridgehead atoms. The standard InChI is InChI=1S/C24H22N6O3/c1-13-20(14(2)33-29-13)16-10-18(21-19(11-16)30(25)22(28-21)15-5-6-15)24(31,23-27-8-9-32-23)17-4-3-7-26-12-17/h3-4,7-12,15,31H,5-6,25H2,1-2H3. The number of aliphatic hydroxyl groups is 1. The molecule has 9 heteroatoms. The lowest BCUT2D eigenvalue weighted by molar-refractivity contribution is 0.0938. The van der Waals surface area contributed by atoms with Crippen LogP contribution in [0.3, 0.4) is 0 Å². The van der Waals surface area contributed by atoms with Crippen molar-refractivity contribution in [3.05, 3.63) is 83.4 Å². The average Bonchev–Trinajstić information content (AvgIpc) is 3.23. The predicted octanol–water partition coefficient (Wildman–Crippen LogP) is 3.57. The van der Waals surface area contributed by atoms with Gasteiger partial charge in [0.05, 0.1) is 22.9 Å². The van der Waals surface area contributed by atoms with Gasteiger partial charge in [-0.1, -0.05) is 11.2 Å². The zero-order chi connectivity index (χ0) is 22.7. The summed E-state index contributed by atoms with van der Waals surface area (Å²) >= 11 is 0. The van der Waals surface area contributed by atoms with E-state index in [0.29, 0.717) is 33.8 Å². The Morgan fingerprint density at radius 2 is 2.06 bits per heavy atom. The molecule has 1 aliphatic rings. The van der Waals surface area contributed by atoms with Crippen LogP contribution in [0.15, 0.2) is 58.1 Å². The van der Waals surface area contributed by atoms with Crippen molar-refractivity contribution in [2.75, 3.05) is 5.84 Å². The monoisotopic (exact) mass is 442 g/mol. The Kier molecular flexibility index (Phi) is 4.18. The molecule has 9 nitrogen and oxygen atoms in total. The Labute approximate surface area is 188 Å². The molecule has 6 rings (SSSR count). The number of nitrogens with zero attached hydrogens (tertiary/aromatic N) is 5. The first kappa shape index (κ1) is 19.7. The van der Waals surface area contributed by atoms with Crippen molar-refractivity contribution in [1.82, 2.24) is 24.8 Å². The van der Waals surface area contributed by atoms with E-state index in [2.05, 4.69) is 15.1 Å². The highest BCUT2D eigenvalue weighted by atomic mass is 16.5. The van der Waals surface area contributed by atoms with Crippen LogP contribution in [0.1, 0.15) is 53.1 Å². The first-order chi connectivity index (χ1) is 16.0. The van der Waals surface area contributed by atoms with Crippen molar-refractivity contribution < 1.29 is 14.0 Å². The minimum atomic E-state index is -1.75. The molecule has 3 N–H and O–H groups in total. The Morgan fingerprint density at radius 1 is 1.21 bits per heavy atom. The van der Waals surface area contributed by atoms with Crippen LogP contribution >= 0.6 is 0 Å². The number of pyridine rings is 1. The highest BCUT2D eigenvalue weighted by Crippen LogP contribution is 2.45. The van der Waals surface area contributed by atoms with Gasteiger partial charge in [-0.3, -0.25) is 4.98 Å². The van der Waals surface area contributed by atoms with E-state index < -0.39 is 5.60 Å². The van der Waals surface area contributed by atoms with Gasteiger partial charge in [0.25, 0.3) is 0 Å². The van der Waals surface area contributed by atoms with E-state index in [9.17, 15) is 5.11 Å². The number of hydrogen-bond acceptors (Lipinski definition) is 8. The van der Waals surface area contributed by atoms with Crippen molar-refractivity contribution in [2.45, 2.75) is 38.2 Å². The van der Waals surface area contributed by atoms with Crippen LogP contribution in [0.2, 0.25) is 0 Å². The maximum absolute atomic E-state index is 12.3. The van der Waals surface area contributed by atoms with E-state index in [1.807, 2.05) is 26.0 Å². The summed E-state index contributed by atoms with van der Waals surface area (Å²) in [6.07, 6.45) is 8.26. The number of hydrogen-bond donors (Lipinski definition) is 2. The molecule has 1 saturated carbocycles. The second kappa shape index (κ2) is 7.01. The largest absolute Gasteiger partial charge is 0.445 e. The minimum Gasteiger partial charge on any atom is -0.445 e. The van der Waals surface area contributed by atoms with E-state index in [4.69, 9.17) is 19.8 Å². The molecule has 5 aromatic rings. The van der Waals surface area contributed by atoms with Crippen LogP contribution < -0.4 is 5.84 Å². The number of fused-ring (bicyclic) bond motifs is 1. The van der Waals surface area contributed by atoms with Gasteiger partial charge in [-0.05, 0) is 50.5 Å². The number of nitrogens with two attached hydrogens (primary N) is 1. The predicted molar refractivity (Wildman–Crippen MR) is 120 cm³/mol. The number of oxazole rings is 1. The maximum atomic E-state index is 12.3. The van der Waals surface area contributed by atoms with Crippen molar-refractivity contribution in [2.24, 2.45) is 0 Å². The lowest BCUT2D eigenvalue weighted by Crippen LogP contribution is -2.30. The van der Waals surface area contributed by atoms with Crippen LogP contribution in [-0.2, 0) is 5.60 Å². The highest BCUT2D eigenvalue weighted by molar-refractivity contribution is 5.88. The van der Waals surface area contributed by atoms with E-state index >= 15 is 0 Å². The number of rotatable bonds is 5. The number of nitrogen functional groups attached to an aromatic ring is 1. The molecule has 1 unspecified atom stereocenters. The first-order valence-electron chi connectivity index (χ1n) is 10.8. The molecule has 0 spiro atoms. The second-order valence-electron chi connectivity index (χ2n) is 8.49. The molecule has 0 aliphatic heterocycles. The summed E-state index contributed by atoms with van der Waals surface area (Å²) in [5.41, 5.74) is 2.91. The van der Waals surface area contributed by atoms with Crippen LogP contribution in [0.25, 0.3) is 22.2 Å². The van der Waals surface area contributed by atoms with Crippen LogP contribution in [0.4, 0.5) is 0 Å². The molecular weight excluding hydrogens is 420 g/mol. The lowest BCUT2D eigenvalue weighted by atomic mass is 9.84.